The minimum absolute atomic E-state index is 0.0159. The Hall–Kier alpha value is -4.11. The van der Waals surface area contributed by atoms with Crippen LogP contribution in [0.1, 0.15) is 23.0 Å². The number of aryl methyl sites for hydroxylation is 1. The van der Waals surface area contributed by atoms with Crippen molar-refractivity contribution in [3.63, 3.8) is 0 Å². The van der Waals surface area contributed by atoms with Gasteiger partial charge in [0.25, 0.3) is 11.5 Å². The molecule has 198 valence electrons. The molecule has 1 N–H and O–H groups in total. The molecule has 1 saturated heterocycles. The maximum Gasteiger partial charge on any atom is 0.257 e. The van der Waals surface area contributed by atoms with Crippen LogP contribution in [0.25, 0.3) is 16.7 Å². The third-order valence-electron chi connectivity index (χ3n) is 7.49. The van der Waals surface area contributed by atoms with Crippen LogP contribution in [-0.2, 0) is 13.6 Å². The standard InChI is InChI=1S/C29H35N7O2/c1-20-18-35(23-8-6-21(7-9-23)29(38)32(3)4)15-14-34(20)19-24-17-25-26(10-12-31-28(25)33(24)5)36-13-11-22(30-2)16-27(36)37/h6-13,16-17,20,30H,14-15,18-19H2,1-5H3/t20-/m0/s1. The molecule has 1 atom stereocenters. The first-order valence-corrected chi connectivity index (χ1v) is 12.9. The summed E-state index contributed by atoms with van der Waals surface area (Å²) in [6.07, 6.45) is 3.57. The molecule has 4 heterocycles. The molecule has 1 aromatic carbocycles. The zero-order chi connectivity index (χ0) is 27.0. The molecule has 0 saturated carbocycles. The van der Waals surface area contributed by atoms with Gasteiger partial charge in [-0.15, -0.1) is 0 Å². The summed E-state index contributed by atoms with van der Waals surface area (Å²) >= 11 is 0. The fourth-order valence-electron chi connectivity index (χ4n) is 5.20. The smallest absolute Gasteiger partial charge is 0.257 e. The number of hydrogen-bond donors (Lipinski definition) is 1. The first-order chi connectivity index (χ1) is 18.3. The number of benzene rings is 1. The monoisotopic (exact) mass is 513 g/mol. The van der Waals surface area contributed by atoms with Crippen LogP contribution in [0.2, 0.25) is 0 Å². The van der Waals surface area contributed by atoms with E-state index in [9.17, 15) is 9.59 Å². The number of carbonyl (C=O) groups excluding carboxylic acids is 1. The van der Waals surface area contributed by atoms with Crippen molar-refractivity contribution in [1.82, 2.24) is 23.9 Å². The zero-order valence-electron chi connectivity index (χ0n) is 22.7. The summed E-state index contributed by atoms with van der Waals surface area (Å²) in [5.41, 5.74) is 5.40. The minimum Gasteiger partial charge on any atom is -0.388 e. The van der Waals surface area contributed by atoms with Gasteiger partial charge in [0.1, 0.15) is 5.65 Å². The number of piperazine rings is 1. The molecular weight excluding hydrogens is 478 g/mol. The van der Waals surface area contributed by atoms with E-state index in [1.807, 2.05) is 43.4 Å². The topological polar surface area (TPSA) is 78.6 Å². The molecule has 0 unspecified atom stereocenters. The van der Waals surface area contributed by atoms with Crippen LogP contribution in [0.15, 0.2) is 65.7 Å². The van der Waals surface area contributed by atoms with Crippen molar-refractivity contribution in [2.75, 3.05) is 51.0 Å². The second-order valence-corrected chi connectivity index (χ2v) is 10.1. The summed E-state index contributed by atoms with van der Waals surface area (Å²) < 4.78 is 3.80. The van der Waals surface area contributed by atoms with Crippen molar-refractivity contribution >= 4 is 28.3 Å². The summed E-state index contributed by atoms with van der Waals surface area (Å²) in [5.74, 6) is 0.0159. The fraction of sp³-hybridized carbons (Fsp3) is 0.345. The molecule has 1 amide bonds. The number of pyridine rings is 2. The minimum atomic E-state index is -0.0846. The second-order valence-electron chi connectivity index (χ2n) is 10.1. The Morgan fingerprint density at radius 2 is 1.87 bits per heavy atom. The lowest BCUT2D eigenvalue weighted by atomic mass is 10.1. The maximum atomic E-state index is 12.8. The largest absolute Gasteiger partial charge is 0.388 e. The van der Waals surface area contributed by atoms with Crippen LogP contribution in [0.3, 0.4) is 0 Å². The van der Waals surface area contributed by atoms with Gasteiger partial charge in [-0.2, -0.15) is 0 Å². The lowest BCUT2D eigenvalue weighted by Crippen LogP contribution is -2.51. The van der Waals surface area contributed by atoms with Gasteiger partial charge in [-0.3, -0.25) is 19.1 Å². The maximum absolute atomic E-state index is 12.8. The molecule has 4 aromatic rings. The van der Waals surface area contributed by atoms with Crippen molar-refractivity contribution in [3.8, 4) is 5.69 Å². The predicted octanol–water partition coefficient (Wildman–Crippen LogP) is 3.18. The van der Waals surface area contributed by atoms with Crippen LogP contribution in [0.5, 0.6) is 0 Å². The number of rotatable bonds is 6. The van der Waals surface area contributed by atoms with Crippen molar-refractivity contribution in [2.24, 2.45) is 7.05 Å². The highest BCUT2D eigenvalue weighted by atomic mass is 16.2. The van der Waals surface area contributed by atoms with Gasteiger partial charge in [0.15, 0.2) is 0 Å². The van der Waals surface area contributed by atoms with Gasteiger partial charge in [-0.1, -0.05) is 0 Å². The molecule has 1 fully saturated rings. The number of carbonyl (C=O) groups is 1. The van der Waals surface area contributed by atoms with Gasteiger partial charge in [0.05, 0.1) is 5.69 Å². The summed E-state index contributed by atoms with van der Waals surface area (Å²) in [4.78, 5) is 36.1. The zero-order valence-corrected chi connectivity index (χ0v) is 22.7. The van der Waals surface area contributed by atoms with E-state index in [0.717, 1.165) is 60.0 Å². The van der Waals surface area contributed by atoms with E-state index < -0.39 is 0 Å². The Bertz CT molecular complexity index is 1520. The number of fused-ring (bicyclic) bond motifs is 1. The van der Waals surface area contributed by atoms with E-state index in [-0.39, 0.29) is 11.5 Å². The van der Waals surface area contributed by atoms with E-state index >= 15 is 0 Å². The molecule has 3 aromatic heterocycles. The van der Waals surface area contributed by atoms with Gasteiger partial charge in [0.2, 0.25) is 0 Å². The van der Waals surface area contributed by atoms with Crippen LogP contribution in [0, 0.1) is 0 Å². The second kappa shape index (κ2) is 10.3. The van der Waals surface area contributed by atoms with Crippen LogP contribution in [-0.4, -0.2) is 76.6 Å². The predicted molar refractivity (Wildman–Crippen MR) is 152 cm³/mol. The summed E-state index contributed by atoms with van der Waals surface area (Å²) in [6, 6.07) is 15.8. The van der Waals surface area contributed by atoms with Crippen LogP contribution in [0.4, 0.5) is 11.4 Å². The lowest BCUT2D eigenvalue weighted by Gasteiger charge is -2.41. The molecule has 0 bridgehead atoms. The van der Waals surface area contributed by atoms with E-state index in [1.54, 1.807) is 49.1 Å². The van der Waals surface area contributed by atoms with Crippen molar-refractivity contribution in [2.45, 2.75) is 19.5 Å². The van der Waals surface area contributed by atoms with Crippen molar-refractivity contribution < 1.29 is 4.79 Å². The van der Waals surface area contributed by atoms with Gasteiger partial charge in [0, 0.05) is 107 Å². The molecule has 9 heteroatoms. The fourth-order valence-corrected chi connectivity index (χ4v) is 5.20. The molecule has 0 radical (unpaired) electrons. The molecule has 38 heavy (non-hydrogen) atoms. The average molecular weight is 514 g/mol. The van der Waals surface area contributed by atoms with Crippen molar-refractivity contribution in [3.05, 3.63) is 82.5 Å². The number of amides is 1. The number of nitrogens with zero attached hydrogens (tertiary/aromatic N) is 6. The van der Waals surface area contributed by atoms with E-state index in [0.29, 0.717) is 11.6 Å². The molecule has 1 aliphatic heterocycles. The SMILES string of the molecule is CNc1ccn(-c2ccnc3c2cc(CN2CCN(c4ccc(C(=O)N(C)C)cc4)C[C@@H]2C)n3C)c(=O)c1. The normalized spacial score (nSPS) is 16.1. The third-order valence-corrected chi connectivity index (χ3v) is 7.49. The number of nitrogens with one attached hydrogen (secondary N) is 1. The van der Waals surface area contributed by atoms with E-state index in [2.05, 4.69) is 37.7 Å². The molecular formula is C29H35N7O2. The lowest BCUT2D eigenvalue weighted by molar-refractivity contribution is 0.0827. The van der Waals surface area contributed by atoms with Gasteiger partial charge in [-0.25, -0.2) is 4.98 Å². The molecule has 0 spiro atoms. The third kappa shape index (κ3) is 4.77. The summed E-state index contributed by atoms with van der Waals surface area (Å²) in [6.45, 7) is 5.79. The van der Waals surface area contributed by atoms with Crippen LogP contribution >= 0.6 is 0 Å². The highest BCUT2D eigenvalue weighted by Gasteiger charge is 2.25. The van der Waals surface area contributed by atoms with Gasteiger partial charge >= 0.3 is 0 Å². The highest BCUT2D eigenvalue weighted by Crippen LogP contribution is 2.26. The Morgan fingerprint density at radius 1 is 1.11 bits per heavy atom. The van der Waals surface area contributed by atoms with Gasteiger partial charge in [-0.05, 0) is 49.4 Å². The number of hydrogen-bond acceptors (Lipinski definition) is 6. The molecule has 1 aliphatic rings. The Morgan fingerprint density at radius 3 is 2.53 bits per heavy atom. The van der Waals surface area contributed by atoms with E-state index in [1.165, 1.54) is 0 Å². The molecule has 5 rings (SSSR count). The Balaban J connectivity index is 1.34. The quantitative estimate of drug-likeness (QED) is 0.427. The van der Waals surface area contributed by atoms with Crippen molar-refractivity contribution in [1.29, 1.82) is 0 Å². The first-order valence-electron chi connectivity index (χ1n) is 12.9. The Kier molecular flexibility index (Phi) is 6.94. The number of aromatic nitrogens is 3. The molecule has 0 aliphatic carbocycles. The first kappa shape index (κ1) is 25.5. The van der Waals surface area contributed by atoms with Crippen LogP contribution < -0.4 is 15.8 Å². The molecule has 9 nitrogen and oxygen atoms in total. The Labute approximate surface area is 222 Å². The summed E-state index contributed by atoms with van der Waals surface area (Å²) in [5, 5.41) is 3.98. The number of anilines is 2. The average Bonchev–Trinajstić information content (AvgIpc) is 3.24. The van der Waals surface area contributed by atoms with E-state index in [4.69, 9.17) is 0 Å². The highest BCUT2D eigenvalue weighted by molar-refractivity contribution is 5.94. The summed E-state index contributed by atoms with van der Waals surface area (Å²) in [7, 11) is 7.38. The van der Waals surface area contributed by atoms with Gasteiger partial charge < -0.3 is 19.7 Å².